The van der Waals surface area contributed by atoms with Gasteiger partial charge in [-0.1, -0.05) is 6.92 Å². The van der Waals surface area contributed by atoms with Crippen LogP contribution in [0.15, 0.2) is 33.7 Å². The Morgan fingerprint density at radius 1 is 1.09 bits per heavy atom. The number of aliphatic hydroxyl groups is 1. The van der Waals surface area contributed by atoms with Gasteiger partial charge in [0.05, 0.1) is 52.5 Å². The second-order valence-corrected chi connectivity index (χ2v) is 12.9. The molecule has 17 heteroatoms. The number of aromatic carboxylic acids is 1. The minimum absolute atomic E-state index is 0. The Morgan fingerprint density at radius 2 is 1.74 bits per heavy atom. The van der Waals surface area contributed by atoms with Crippen molar-refractivity contribution in [3.05, 3.63) is 50.5 Å². The molecule has 4 atom stereocenters. The van der Waals surface area contributed by atoms with Gasteiger partial charge in [-0.3, -0.25) is 9.59 Å². The monoisotopic (exact) mass is 688 g/mol. The Kier molecular flexibility index (Phi) is 11.9. The van der Waals surface area contributed by atoms with E-state index in [1.54, 1.807) is 22.5 Å². The van der Waals surface area contributed by atoms with Crippen molar-refractivity contribution < 1.29 is 103 Å². The topological polar surface area (TPSA) is 176 Å². The summed E-state index contributed by atoms with van der Waals surface area (Å²) in [6.45, 7) is 4.30. The summed E-state index contributed by atoms with van der Waals surface area (Å²) in [5.41, 5.74) is -0.824. The number of aliphatic hydroxyl groups excluding tert-OH is 1. The number of amides is 2. The van der Waals surface area contributed by atoms with Crippen molar-refractivity contribution in [2.45, 2.75) is 44.9 Å². The number of nitrogens with zero attached hydrogens (tertiary/aromatic N) is 4. The van der Waals surface area contributed by atoms with Crippen molar-refractivity contribution in [1.29, 1.82) is 0 Å². The first-order valence-electron chi connectivity index (χ1n) is 14.8. The van der Waals surface area contributed by atoms with Gasteiger partial charge in [0.25, 0.3) is 0 Å². The number of aromatic nitrogens is 1. The molecule has 2 saturated heterocycles. The number of halogens is 1. The van der Waals surface area contributed by atoms with Gasteiger partial charge in [0.15, 0.2) is 5.43 Å². The molecule has 0 unspecified atom stereocenters. The fourth-order valence-corrected chi connectivity index (χ4v) is 7.72. The zero-order chi connectivity index (χ0) is 32.3. The summed E-state index contributed by atoms with van der Waals surface area (Å²) in [5, 5.41) is 33.3. The number of rotatable bonds is 9. The first kappa shape index (κ1) is 37.7. The van der Waals surface area contributed by atoms with E-state index in [1.165, 1.54) is 34.7 Å². The van der Waals surface area contributed by atoms with Crippen LogP contribution in [0.2, 0.25) is 0 Å². The molecule has 240 valence electrons. The maximum absolute atomic E-state index is 15.3. The van der Waals surface area contributed by atoms with E-state index < -0.39 is 58.8 Å². The summed E-state index contributed by atoms with van der Waals surface area (Å²) in [5.74, 6) is -4.98. The van der Waals surface area contributed by atoms with E-state index in [1.807, 2.05) is 0 Å². The number of benzene rings is 1. The number of anilines is 1. The first-order valence-corrected chi connectivity index (χ1v) is 15.7. The van der Waals surface area contributed by atoms with Crippen LogP contribution < -0.4 is 79.7 Å². The summed E-state index contributed by atoms with van der Waals surface area (Å²) in [4.78, 5) is 66.1. The fourth-order valence-electron chi connectivity index (χ4n) is 6.61. The number of carbonyl (C=O) groups excluding carboxylic acids is 4. The molecule has 1 aromatic heterocycles. The molecular weight excluding hydrogens is 657 g/mol. The van der Waals surface area contributed by atoms with Crippen LogP contribution in [0, 0.1) is 17.7 Å². The van der Waals surface area contributed by atoms with E-state index in [2.05, 4.69) is 0 Å². The van der Waals surface area contributed by atoms with Gasteiger partial charge in [-0.05, 0) is 31.9 Å². The largest absolute Gasteiger partial charge is 1.00 e. The van der Waals surface area contributed by atoms with Gasteiger partial charge in [0, 0.05) is 60.4 Å². The van der Waals surface area contributed by atoms with Crippen LogP contribution in [-0.2, 0) is 14.3 Å². The molecule has 3 aliphatic heterocycles. The van der Waals surface area contributed by atoms with E-state index in [0.29, 0.717) is 10.4 Å². The van der Waals surface area contributed by atoms with Gasteiger partial charge in [-0.25, -0.2) is 9.18 Å². The second-order valence-electron chi connectivity index (χ2n) is 11.8. The number of aliphatic carboxylic acids is 1. The maximum atomic E-state index is 15.3. The van der Waals surface area contributed by atoms with Crippen LogP contribution in [0.1, 0.15) is 43.1 Å². The third kappa shape index (κ3) is 6.87. The minimum Gasteiger partial charge on any atom is -0.545 e. The summed E-state index contributed by atoms with van der Waals surface area (Å²) in [6, 6.07) is 2.17. The van der Waals surface area contributed by atoms with E-state index in [-0.39, 0.29) is 126 Å². The van der Waals surface area contributed by atoms with Crippen molar-refractivity contribution in [2.75, 3.05) is 43.4 Å². The first-order chi connectivity index (χ1) is 21.4. The summed E-state index contributed by atoms with van der Waals surface area (Å²) in [6.07, 6.45) is 1.40. The second kappa shape index (κ2) is 14.8. The zero-order valence-electron chi connectivity index (χ0n) is 26.6. The normalized spacial score (nSPS) is 22.7. The van der Waals surface area contributed by atoms with Gasteiger partial charge in [0.1, 0.15) is 12.4 Å². The Labute approximate surface area is 317 Å². The number of hydrogen-bond donors (Lipinski definition) is 1. The minimum atomic E-state index is -1.61. The summed E-state index contributed by atoms with van der Waals surface area (Å²) < 4.78 is 22.4. The molecule has 6 rings (SSSR count). The van der Waals surface area contributed by atoms with Crippen molar-refractivity contribution in [3.8, 4) is 0 Å². The number of ether oxygens (including phenoxy) is 1. The van der Waals surface area contributed by atoms with E-state index in [4.69, 9.17) is 4.74 Å². The zero-order valence-corrected chi connectivity index (χ0v) is 31.4. The molecule has 4 aliphatic rings. The third-order valence-electron chi connectivity index (χ3n) is 9.01. The Morgan fingerprint density at radius 3 is 2.32 bits per heavy atom. The van der Waals surface area contributed by atoms with Gasteiger partial charge in [0.2, 0.25) is 5.91 Å². The Bertz CT molecular complexity index is 1710. The van der Waals surface area contributed by atoms with Gasteiger partial charge in [-0.15, -0.1) is 11.8 Å². The number of hydrogen-bond acceptors (Lipinski definition) is 11. The predicted octanol–water partition coefficient (Wildman–Crippen LogP) is -6.34. The molecule has 2 amide bonds. The molecule has 0 radical (unpaired) electrons. The van der Waals surface area contributed by atoms with Crippen LogP contribution in [0.5, 0.6) is 0 Å². The van der Waals surface area contributed by atoms with Gasteiger partial charge >= 0.3 is 65.2 Å². The van der Waals surface area contributed by atoms with Crippen molar-refractivity contribution >= 4 is 52.3 Å². The molecule has 1 N–H and O–H groups in total. The van der Waals surface area contributed by atoms with Crippen LogP contribution in [0.3, 0.4) is 0 Å². The quantitative estimate of drug-likeness (QED) is 0.151. The molecule has 0 spiro atoms. The number of carboxylic acid groups (broad SMARTS) is 2. The molecule has 0 bridgehead atoms. The Balaban J connectivity index is 0.00000250. The number of piperazine rings is 1. The van der Waals surface area contributed by atoms with Crippen LogP contribution in [0.25, 0.3) is 10.9 Å². The number of pyridine rings is 1. The number of β-lactam (4-membered cyclic amide) rings is 1. The Hall–Kier alpha value is -2.11. The predicted molar refractivity (Wildman–Crippen MR) is 155 cm³/mol. The summed E-state index contributed by atoms with van der Waals surface area (Å²) in [7, 11) is 0. The van der Waals surface area contributed by atoms with Gasteiger partial charge < -0.3 is 48.9 Å². The van der Waals surface area contributed by atoms with Gasteiger partial charge in [-0.2, -0.15) is 0 Å². The number of carboxylic acids is 2. The molecule has 3 fully saturated rings. The fraction of sp³-hybridized carbons (Fsp3) is 0.500. The molecule has 13 nitrogen and oxygen atoms in total. The molecule has 1 aliphatic carbocycles. The molecule has 1 aromatic carbocycles. The third-order valence-corrected chi connectivity index (χ3v) is 10.3. The molecule has 2 aromatic rings. The standard InChI is InChI=1S/C30H33FN4O9S.2Na/c1-14-23-22(15(2)36)27(38)35(23)24(29(41)42)26(14)45-10-9-44-30(43)33-7-5-32(6-8-33)21-12-20-17(11-19(21)31)25(37)18(28(39)40)13-34(20)16-3-4-16;;/h11-16,22-23,36H,3-10H2,1-2H3,(H,39,40)(H,41,42);;/q;2*+1/p-2/t14-,15-,22-,23-;;/m1../s1. The van der Waals surface area contributed by atoms with Crippen molar-refractivity contribution in [1.82, 2.24) is 14.4 Å². The van der Waals surface area contributed by atoms with E-state index >= 15 is 4.39 Å². The molecule has 47 heavy (non-hydrogen) atoms. The van der Waals surface area contributed by atoms with Crippen LogP contribution in [0.4, 0.5) is 14.9 Å². The molecular formula is C30H31FN4Na2O9S. The number of carbonyl (C=O) groups is 4. The SMILES string of the molecule is C[C@@H](O)[C@H]1C(=O)N2C(C(=O)[O-])=C(SCCOC(=O)N3CCN(c4cc5c(cc4F)c(=O)c(C(=O)[O-])cn5C4CC4)CC3)[C@H](C)[C@H]12.[Na+].[Na+]. The van der Waals surface area contributed by atoms with E-state index in [9.17, 15) is 39.3 Å². The van der Waals surface area contributed by atoms with Crippen LogP contribution >= 0.6 is 11.8 Å². The molecule has 4 heterocycles. The van der Waals surface area contributed by atoms with E-state index in [0.717, 1.165) is 18.9 Å². The smallest absolute Gasteiger partial charge is 0.545 e. The van der Waals surface area contributed by atoms with Crippen molar-refractivity contribution in [2.24, 2.45) is 11.8 Å². The molecule has 1 saturated carbocycles. The van der Waals surface area contributed by atoms with Crippen LogP contribution in [-0.4, -0.2) is 94.1 Å². The number of fused-ring (bicyclic) bond motifs is 2. The maximum Gasteiger partial charge on any atom is 1.00 e. The summed E-state index contributed by atoms with van der Waals surface area (Å²) >= 11 is 1.17. The average Bonchev–Trinajstić information content (AvgIpc) is 3.80. The van der Waals surface area contributed by atoms with Crippen molar-refractivity contribution in [3.63, 3.8) is 0 Å². The number of thioether (sulfide) groups is 1. The average molecular weight is 689 g/mol.